The van der Waals surface area contributed by atoms with Crippen LogP contribution in [0, 0.1) is 0 Å². The van der Waals surface area contributed by atoms with Crippen LogP contribution in [-0.4, -0.2) is 15.0 Å². The molecule has 2 aliphatic carbocycles. The van der Waals surface area contributed by atoms with Gasteiger partial charge in [-0.25, -0.2) is 9.97 Å². The van der Waals surface area contributed by atoms with Crippen molar-refractivity contribution in [1.82, 2.24) is 39.9 Å². The summed E-state index contributed by atoms with van der Waals surface area (Å²) >= 11 is 0. The van der Waals surface area contributed by atoms with Crippen molar-refractivity contribution in [2.24, 2.45) is 0 Å². The number of unbranched alkanes of at least 4 members (excludes halogenated alkanes) is 4. The van der Waals surface area contributed by atoms with Crippen LogP contribution in [0.5, 0.6) is 0 Å². The first-order valence-electron chi connectivity index (χ1n) is 52.8. The van der Waals surface area contributed by atoms with Crippen molar-refractivity contribution in [2.45, 2.75) is 105 Å². The van der Waals surface area contributed by atoms with E-state index in [1.807, 2.05) is 0 Å². The number of nitrogens with zero attached hydrogens (tertiary/aromatic N) is 7. The SMILES string of the molecule is CCCCc1ccc(-c2c3nc(c(-c4ccc(CCCC)cc4)c4[nH]c(c(-c5ccc(CCCC)cc5)c5nc(c(-c6ccc(CCCC)cc6)c6[n-]c2c2cc7ccccc7cc62)-c2ccccc2-5)c2ccccc42)-c2ccccc2-3)cc1.[Pd].[Pd].c1ccc(C2=c3[n-]c(c4ccccc34)=C(c3ccccc3)c3[n-]c(c4ccccc34)C(c3ccccc3)=c3[n-]c(c4ccccc34)=C(c3ccccc3)c3[n-]c2c2ccccc32)cc1. The molecule has 23 aromatic rings. The molecule has 0 radical (unpaired) electrons. The van der Waals surface area contributed by atoms with Gasteiger partial charge in [0.25, 0.3) is 0 Å². The van der Waals surface area contributed by atoms with Gasteiger partial charge in [0, 0.05) is 85.0 Å². The average molecular weight is 2110 g/mol. The number of benzene rings is 17. The Morgan fingerprint density at radius 3 is 0.693 bits per heavy atom. The molecule has 8 nitrogen and oxygen atoms in total. The normalized spacial score (nSPS) is 12.2. The molecule has 0 saturated carbocycles. The number of fused-ring (bicyclic) bond motifs is 1. The second kappa shape index (κ2) is 41.4. The van der Waals surface area contributed by atoms with Gasteiger partial charge in [0.2, 0.25) is 0 Å². The van der Waals surface area contributed by atoms with E-state index in [1.54, 1.807) is 0 Å². The van der Waals surface area contributed by atoms with Gasteiger partial charge in [-0.15, -0.1) is 55.2 Å². The Morgan fingerprint density at radius 1 is 0.200 bits per heavy atom. The average Bonchev–Trinajstić information content (AvgIpc) is 1.56. The molecule has 4 aliphatic rings. The molecule has 1 N–H and O–H groups in total. The predicted molar refractivity (Wildman–Crippen MR) is 617 cm³/mol. The first-order valence-corrected chi connectivity index (χ1v) is 52.8. The summed E-state index contributed by atoms with van der Waals surface area (Å²) in [6.45, 7) is 9.09. The van der Waals surface area contributed by atoms with Crippen LogP contribution < -0.4 is 46.3 Å². The van der Waals surface area contributed by atoms with Gasteiger partial charge < -0.3 is 29.9 Å². The van der Waals surface area contributed by atoms with E-state index in [9.17, 15) is 0 Å². The third-order valence-corrected chi connectivity index (χ3v) is 30.6. The van der Waals surface area contributed by atoms with E-state index >= 15 is 0 Å². The number of H-pyrrole nitrogens is 1. The molecule has 0 fully saturated rings. The molecule has 2 aliphatic heterocycles. The van der Waals surface area contributed by atoms with Crippen LogP contribution in [0.4, 0.5) is 0 Å². The van der Waals surface area contributed by atoms with Crippen LogP contribution in [-0.2, 0) is 66.5 Å². The number of nitrogens with one attached hydrogen (secondary N) is 1. The van der Waals surface area contributed by atoms with Crippen molar-refractivity contribution in [1.29, 1.82) is 0 Å². The second-order valence-electron chi connectivity index (χ2n) is 39.8. The Balaban J connectivity index is 0.000000163. The number of hydrogen-bond donors (Lipinski definition) is 1. The van der Waals surface area contributed by atoms with Crippen LogP contribution in [0.1, 0.15) is 146 Å². The van der Waals surface area contributed by atoms with Crippen LogP contribution in [0.2, 0.25) is 0 Å². The minimum atomic E-state index is 0. The first kappa shape index (κ1) is 95.8. The van der Waals surface area contributed by atoms with Crippen molar-refractivity contribution in [2.75, 3.05) is 0 Å². The molecule has 0 unspecified atom stereocenters. The molecule has 27 rings (SSSR count). The Labute approximate surface area is 900 Å². The van der Waals surface area contributed by atoms with Gasteiger partial charge in [0.1, 0.15) is 0 Å². The summed E-state index contributed by atoms with van der Waals surface area (Å²) in [5.74, 6) is 0. The molecule has 0 amide bonds. The van der Waals surface area contributed by atoms with Gasteiger partial charge in [-0.05, 0) is 228 Å². The smallest absolute Gasteiger partial charge is 0.0816 e. The quantitative estimate of drug-likeness (QED) is 0.0757. The molecule has 10 heteroatoms. The van der Waals surface area contributed by atoms with Gasteiger partial charge in [-0.2, -0.15) is 0 Å². The molecule has 150 heavy (non-hydrogen) atoms. The van der Waals surface area contributed by atoms with Crippen LogP contribution in [0.3, 0.4) is 0 Å². The van der Waals surface area contributed by atoms with E-state index in [1.165, 1.54) is 33.0 Å². The third kappa shape index (κ3) is 17.0. The number of aromatic nitrogens is 8. The standard InChI is InChI=1S/C80H71N4.C60H36N4.2Pd/c1-5-9-21-51-33-41-55(42-34-51)69-73-61-27-15-16-28-62(61)74(81-73)70(56-43-35-52(36-44-56)22-10-6-2)76-64-30-18-20-32-66(64)78(83-76)72(58-47-39-54(40-48-58)24-12-8-4)80-68-50-60-26-14-13-25-59(60)49-67(68)79(84-80)71(57-45-37-53(38-46-57)23-11-7-3)77-65-31-19-17-29-63(65)75(69)82-77;1-5-21-37(22-6-1)49-53-41-29-13-15-31-43(41)55(61-53)50(38-23-7-2-8-24-38)57-45-33-17-19-35-47(45)59(63-57)52(40-27-11-4-12-28-40)60-48-36-20-18-34-46(48)58(64-60)51(39-25-9-3-10-26-39)56-44-32-16-14-30-42(44)54(49)62-56;;/h13-20,25-50,81H,5-12,21-24H2,1-4H3;1-36H;;/q-1;-4;;. The summed E-state index contributed by atoms with van der Waals surface area (Å²) in [5, 5.41) is 18.7. The van der Waals surface area contributed by atoms with Gasteiger partial charge in [0.15, 0.2) is 0 Å². The fourth-order valence-corrected chi connectivity index (χ4v) is 23.3. The van der Waals surface area contributed by atoms with E-state index in [4.69, 9.17) is 34.9 Å². The molecule has 0 spiro atoms. The van der Waals surface area contributed by atoms with Crippen molar-refractivity contribution in [3.05, 3.63) is 513 Å². The molecule has 6 aromatic heterocycles. The van der Waals surface area contributed by atoms with Crippen LogP contribution >= 0.6 is 0 Å². The maximum atomic E-state index is 6.19. The molecule has 732 valence electrons. The molecule has 8 heterocycles. The number of hydrogen-bond acceptors (Lipinski definition) is 2. The Bertz CT molecular complexity index is 8980. The van der Waals surface area contributed by atoms with Gasteiger partial charge in [0.05, 0.1) is 33.8 Å². The Hall–Kier alpha value is -16.4. The molecular weight excluding hydrogens is 2010 g/mol. The predicted octanol–water partition coefficient (Wildman–Crippen LogP) is 31.5. The fourth-order valence-electron chi connectivity index (χ4n) is 23.3. The number of aryl methyl sites for hydroxylation is 4. The van der Waals surface area contributed by atoms with Crippen LogP contribution in [0.15, 0.2) is 425 Å². The van der Waals surface area contributed by atoms with Crippen molar-refractivity contribution >= 4 is 120 Å². The zero-order valence-electron chi connectivity index (χ0n) is 84.2. The molecule has 17 aromatic carbocycles. The number of rotatable bonds is 20. The van der Waals surface area contributed by atoms with Gasteiger partial charge in [-0.1, -0.05) is 466 Å². The zero-order chi connectivity index (χ0) is 98.8. The minimum Gasteiger partial charge on any atom is -0.656 e. The number of aromatic amines is 1. The summed E-state index contributed by atoms with van der Waals surface area (Å²) in [4.78, 5) is 46.1. The van der Waals surface area contributed by atoms with Crippen molar-refractivity contribution in [3.63, 3.8) is 0 Å². The van der Waals surface area contributed by atoms with E-state index in [0.717, 1.165) is 342 Å². The maximum absolute atomic E-state index is 6.19. The monoisotopic (exact) mass is 2110 g/mol. The van der Waals surface area contributed by atoms with Gasteiger partial charge in [-0.3, -0.25) is 0 Å². The zero-order valence-corrected chi connectivity index (χ0v) is 87.3. The molecule has 0 atom stereocenters. The summed E-state index contributed by atoms with van der Waals surface area (Å²) < 4.78 is 0. The minimum absolute atomic E-state index is 0. The second-order valence-corrected chi connectivity index (χ2v) is 39.8. The van der Waals surface area contributed by atoms with Gasteiger partial charge >= 0.3 is 0 Å². The summed E-state index contributed by atoms with van der Waals surface area (Å²) in [7, 11) is 0. The van der Waals surface area contributed by atoms with E-state index in [0.29, 0.717) is 0 Å². The van der Waals surface area contributed by atoms with Crippen LogP contribution in [0.25, 0.3) is 209 Å². The van der Waals surface area contributed by atoms with E-state index < -0.39 is 0 Å². The Kier molecular flexibility index (Phi) is 26.4. The topological polar surface area (TPSA) is 112 Å². The maximum Gasteiger partial charge on any atom is 0.0816 e. The van der Waals surface area contributed by atoms with Crippen molar-refractivity contribution in [3.8, 4) is 89.5 Å². The van der Waals surface area contributed by atoms with Crippen molar-refractivity contribution < 1.29 is 40.8 Å². The molecular formula is C140H107N8Pd2-5. The summed E-state index contributed by atoms with van der Waals surface area (Å²) in [5.41, 5.74) is 37.3. The first-order chi connectivity index (χ1) is 73.3. The Morgan fingerprint density at radius 2 is 0.427 bits per heavy atom. The summed E-state index contributed by atoms with van der Waals surface area (Å²) in [6.07, 6.45) is 13.3. The summed E-state index contributed by atoms with van der Waals surface area (Å²) in [6, 6.07) is 155. The van der Waals surface area contributed by atoms with E-state index in [2.05, 4.69) is 457 Å². The third-order valence-electron chi connectivity index (χ3n) is 30.6. The van der Waals surface area contributed by atoms with E-state index in [-0.39, 0.29) is 40.8 Å². The largest absolute Gasteiger partial charge is 0.656 e. The molecule has 0 saturated heterocycles. The fraction of sp³-hybridized carbons (Fsp3) is 0.114. The molecule has 16 bridgehead atoms.